The molecular formula is C13H16FN3O4. The maximum atomic E-state index is 13.9. The molecule has 3 N–H and O–H groups in total. The summed E-state index contributed by atoms with van der Waals surface area (Å²) in [4.78, 5) is 23.9. The average molecular weight is 297 g/mol. The van der Waals surface area contributed by atoms with Crippen molar-refractivity contribution in [3.05, 3.63) is 33.6 Å². The molecule has 7 nitrogen and oxygen atoms in total. The zero-order valence-corrected chi connectivity index (χ0v) is 11.3. The van der Waals surface area contributed by atoms with Crippen LogP contribution in [-0.4, -0.2) is 40.0 Å². The van der Waals surface area contributed by atoms with E-state index < -0.39 is 39.6 Å². The zero-order chi connectivity index (χ0) is 15.6. The van der Waals surface area contributed by atoms with Crippen LogP contribution in [0.2, 0.25) is 0 Å². The number of benzene rings is 1. The van der Waals surface area contributed by atoms with Crippen molar-refractivity contribution < 1.29 is 19.2 Å². The van der Waals surface area contributed by atoms with E-state index in [0.29, 0.717) is 13.0 Å². The van der Waals surface area contributed by atoms with Crippen molar-refractivity contribution in [2.45, 2.75) is 25.3 Å². The van der Waals surface area contributed by atoms with Gasteiger partial charge in [0.2, 0.25) is 0 Å². The summed E-state index contributed by atoms with van der Waals surface area (Å²) in [5, 5.41) is 20.2. The number of rotatable bonds is 3. The fourth-order valence-electron chi connectivity index (χ4n) is 2.56. The van der Waals surface area contributed by atoms with Crippen LogP contribution in [0, 0.1) is 15.9 Å². The smallest absolute Gasteiger partial charge is 0.293 e. The maximum absolute atomic E-state index is 13.9. The van der Waals surface area contributed by atoms with E-state index in [9.17, 15) is 24.4 Å². The first-order valence-electron chi connectivity index (χ1n) is 6.61. The van der Waals surface area contributed by atoms with Crippen molar-refractivity contribution in [2.75, 3.05) is 18.9 Å². The summed E-state index contributed by atoms with van der Waals surface area (Å²) in [5.74, 6) is -1.61. The molecule has 0 aromatic heterocycles. The van der Waals surface area contributed by atoms with E-state index in [1.165, 1.54) is 4.90 Å². The van der Waals surface area contributed by atoms with Crippen LogP contribution in [-0.2, 0) is 0 Å². The van der Waals surface area contributed by atoms with Crippen LogP contribution >= 0.6 is 0 Å². The quantitative estimate of drug-likeness (QED) is 0.496. The van der Waals surface area contributed by atoms with E-state index in [1.54, 1.807) is 0 Å². The SMILES string of the molecule is Nc1c([N+](=O)[O-])ccc(F)c1C(=O)N1CCCCC1CO. The predicted octanol–water partition coefficient (Wildman–Crippen LogP) is 1.30. The van der Waals surface area contributed by atoms with Gasteiger partial charge in [0.05, 0.1) is 17.6 Å². The summed E-state index contributed by atoms with van der Waals surface area (Å²) in [7, 11) is 0. The Hall–Kier alpha value is -2.22. The van der Waals surface area contributed by atoms with E-state index >= 15 is 0 Å². The molecule has 0 saturated carbocycles. The molecule has 1 aromatic rings. The highest BCUT2D eigenvalue weighted by atomic mass is 19.1. The molecule has 2 rings (SSSR count). The van der Waals surface area contributed by atoms with Crippen molar-refractivity contribution in [1.82, 2.24) is 4.90 Å². The number of anilines is 1. The van der Waals surface area contributed by atoms with Crippen molar-refractivity contribution in [2.24, 2.45) is 0 Å². The van der Waals surface area contributed by atoms with E-state index in [-0.39, 0.29) is 6.61 Å². The van der Waals surface area contributed by atoms with Gasteiger partial charge >= 0.3 is 0 Å². The highest BCUT2D eigenvalue weighted by Crippen LogP contribution is 2.30. The Labute approximate surface area is 120 Å². The van der Waals surface area contributed by atoms with Gasteiger partial charge in [-0.25, -0.2) is 4.39 Å². The number of nitro groups is 1. The van der Waals surface area contributed by atoms with Gasteiger partial charge in [-0.2, -0.15) is 0 Å². The molecule has 1 aliphatic heterocycles. The molecule has 1 heterocycles. The zero-order valence-electron chi connectivity index (χ0n) is 11.3. The maximum Gasteiger partial charge on any atom is 0.293 e. The van der Waals surface area contributed by atoms with Crippen molar-refractivity contribution in [3.63, 3.8) is 0 Å². The second kappa shape index (κ2) is 6.04. The highest BCUT2D eigenvalue weighted by Gasteiger charge is 2.32. The van der Waals surface area contributed by atoms with Gasteiger partial charge in [0.1, 0.15) is 17.1 Å². The summed E-state index contributed by atoms with van der Waals surface area (Å²) in [6, 6.07) is 1.38. The van der Waals surface area contributed by atoms with E-state index in [2.05, 4.69) is 0 Å². The van der Waals surface area contributed by atoms with Gasteiger partial charge in [0, 0.05) is 12.6 Å². The minimum Gasteiger partial charge on any atom is -0.394 e. The molecule has 0 spiro atoms. The molecule has 1 fully saturated rings. The van der Waals surface area contributed by atoms with E-state index in [1.807, 2.05) is 0 Å². The number of nitro benzene ring substituents is 1. The molecule has 1 aliphatic rings. The number of halogens is 1. The molecule has 1 amide bonds. The van der Waals surface area contributed by atoms with Gasteiger partial charge < -0.3 is 15.7 Å². The third-order valence-electron chi connectivity index (χ3n) is 3.68. The molecule has 114 valence electrons. The number of hydrogen-bond acceptors (Lipinski definition) is 5. The number of likely N-dealkylation sites (tertiary alicyclic amines) is 1. The van der Waals surface area contributed by atoms with Gasteiger partial charge in [-0.1, -0.05) is 0 Å². The van der Waals surface area contributed by atoms with Gasteiger partial charge in [0.15, 0.2) is 0 Å². The lowest BCUT2D eigenvalue weighted by Gasteiger charge is -2.34. The standard InChI is InChI=1S/C13H16FN3O4/c14-9-4-5-10(17(20)21)12(15)11(9)13(19)16-6-2-1-3-8(16)7-18/h4-5,8,18H,1-3,6-7,15H2. The van der Waals surface area contributed by atoms with Gasteiger partial charge in [0.25, 0.3) is 11.6 Å². The summed E-state index contributed by atoms with van der Waals surface area (Å²) in [5.41, 5.74) is 4.11. The van der Waals surface area contributed by atoms with Gasteiger partial charge in [-0.15, -0.1) is 0 Å². The number of nitrogens with zero attached hydrogens (tertiary/aromatic N) is 2. The minimum atomic E-state index is -0.898. The lowest BCUT2D eigenvalue weighted by Crippen LogP contribution is -2.46. The van der Waals surface area contributed by atoms with Crippen LogP contribution in [0.25, 0.3) is 0 Å². The molecule has 1 unspecified atom stereocenters. The molecule has 8 heteroatoms. The van der Waals surface area contributed by atoms with Crippen LogP contribution in [0.3, 0.4) is 0 Å². The lowest BCUT2D eigenvalue weighted by molar-refractivity contribution is -0.384. The number of nitrogens with two attached hydrogens (primary N) is 1. The predicted molar refractivity (Wildman–Crippen MR) is 73.2 cm³/mol. The largest absolute Gasteiger partial charge is 0.394 e. The number of hydrogen-bond donors (Lipinski definition) is 2. The number of amides is 1. The Bertz CT molecular complexity index is 579. The Morgan fingerprint density at radius 2 is 2.24 bits per heavy atom. The molecule has 0 radical (unpaired) electrons. The monoisotopic (exact) mass is 297 g/mol. The number of carbonyl (C=O) groups excluding carboxylic acids is 1. The summed E-state index contributed by atoms with van der Waals surface area (Å²) < 4.78 is 13.9. The minimum absolute atomic E-state index is 0.234. The van der Waals surface area contributed by atoms with Gasteiger partial charge in [-0.05, 0) is 25.3 Å². The fraction of sp³-hybridized carbons (Fsp3) is 0.462. The third kappa shape index (κ3) is 2.80. The van der Waals surface area contributed by atoms with Crippen LogP contribution in [0.5, 0.6) is 0 Å². The van der Waals surface area contributed by atoms with Crippen LogP contribution in [0.4, 0.5) is 15.8 Å². The molecule has 21 heavy (non-hydrogen) atoms. The number of carbonyl (C=O) groups is 1. The summed E-state index contributed by atoms with van der Waals surface area (Å²) in [6.07, 6.45) is 2.21. The van der Waals surface area contributed by atoms with Crippen LogP contribution in [0.1, 0.15) is 29.6 Å². The Kier molecular flexibility index (Phi) is 4.37. The lowest BCUT2D eigenvalue weighted by atomic mass is 10.0. The number of aliphatic hydroxyl groups is 1. The highest BCUT2D eigenvalue weighted by molar-refractivity contribution is 6.01. The molecular weight excluding hydrogens is 281 g/mol. The second-order valence-electron chi connectivity index (χ2n) is 4.94. The topological polar surface area (TPSA) is 110 Å². The first kappa shape index (κ1) is 15.2. The van der Waals surface area contributed by atoms with Crippen LogP contribution < -0.4 is 5.73 Å². The molecule has 0 bridgehead atoms. The Balaban J connectivity index is 2.42. The fourth-order valence-corrected chi connectivity index (χ4v) is 2.56. The number of aliphatic hydroxyl groups excluding tert-OH is 1. The Morgan fingerprint density at radius 3 is 2.86 bits per heavy atom. The first-order valence-corrected chi connectivity index (χ1v) is 6.61. The van der Waals surface area contributed by atoms with E-state index in [0.717, 1.165) is 25.0 Å². The molecule has 1 atom stereocenters. The molecule has 0 aliphatic carbocycles. The third-order valence-corrected chi connectivity index (χ3v) is 3.68. The van der Waals surface area contributed by atoms with E-state index in [4.69, 9.17) is 5.73 Å². The summed E-state index contributed by atoms with van der Waals surface area (Å²) >= 11 is 0. The second-order valence-corrected chi connectivity index (χ2v) is 4.94. The first-order chi connectivity index (χ1) is 9.97. The molecule has 1 aromatic carbocycles. The Morgan fingerprint density at radius 1 is 1.52 bits per heavy atom. The molecule has 1 saturated heterocycles. The number of piperidine rings is 1. The average Bonchev–Trinajstić information content (AvgIpc) is 2.46. The normalized spacial score (nSPS) is 18.6. The van der Waals surface area contributed by atoms with Crippen molar-refractivity contribution in [1.29, 1.82) is 0 Å². The number of nitrogen functional groups attached to an aromatic ring is 1. The van der Waals surface area contributed by atoms with Crippen LogP contribution in [0.15, 0.2) is 12.1 Å². The van der Waals surface area contributed by atoms with Crippen molar-refractivity contribution >= 4 is 17.3 Å². The van der Waals surface area contributed by atoms with Gasteiger partial charge in [-0.3, -0.25) is 14.9 Å². The van der Waals surface area contributed by atoms with Crippen molar-refractivity contribution in [3.8, 4) is 0 Å². The summed E-state index contributed by atoms with van der Waals surface area (Å²) in [6.45, 7) is 0.133.